The molecule has 1 saturated heterocycles. The summed E-state index contributed by atoms with van der Waals surface area (Å²) in [5.41, 5.74) is 0.360. The van der Waals surface area contributed by atoms with Crippen molar-refractivity contribution in [1.29, 1.82) is 0 Å². The number of aliphatic hydroxyl groups is 1. The summed E-state index contributed by atoms with van der Waals surface area (Å²) in [4.78, 5) is 24.2. The van der Waals surface area contributed by atoms with E-state index in [9.17, 15) is 9.90 Å². The van der Waals surface area contributed by atoms with Crippen LogP contribution in [0.5, 0.6) is 0 Å². The van der Waals surface area contributed by atoms with Crippen LogP contribution >= 0.6 is 11.8 Å². The first kappa shape index (κ1) is 17.7. The molecule has 0 radical (unpaired) electrons. The van der Waals surface area contributed by atoms with Gasteiger partial charge in [0.1, 0.15) is 10.6 Å². The summed E-state index contributed by atoms with van der Waals surface area (Å²) in [7, 11) is 0. The van der Waals surface area contributed by atoms with Crippen molar-refractivity contribution in [2.24, 2.45) is 0 Å². The molecule has 1 atom stereocenters. The molecule has 0 saturated carbocycles. The van der Waals surface area contributed by atoms with Gasteiger partial charge in [0.05, 0.1) is 19.3 Å². The summed E-state index contributed by atoms with van der Waals surface area (Å²) in [6.07, 6.45) is 3.44. The van der Waals surface area contributed by atoms with Crippen LogP contribution in [-0.4, -0.2) is 46.8 Å². The maximum absolute atomic E-state index is 12.2. The molecule has 0 aliphatic carbocycles. The fourth-order valence-electron chi connectivity index (χ4n) is 2.81. The Morgan fingerprint density at radius 2 is 2.20 bits per heavy atom. The highest BCUT2D eigenvalue weighted by molar-refractivity contribution is 7.99. The van der Waals surface area contributed by atoms with Crippen LogP contribution in [-0.2, 0) is 4.74 Å². The van der Waals surface area contributed by atoms with Gasteiger partial charge in [-0.25, -0.2) is 14.8 Å². The van der Waals surface area contributed by atoms with E-state index >= 15 is 0 Å². The van der Waals surface area contributed by atoms with Crippen LogP contribution in [0.3, 0.4) is 0 Å². The molecule has 6 nitrogen and oxygen atoms in total. The molecule has 132 valence electrons. The molecule has 25 heavy (non-hydrogen) atoms. The van der Waals surface area contributed by atoms with Crippen molar-refractivity contribution in [1.82, 2.24) is 9.97 Å². The molecule has 2 heterocycles. The highest BCUT2D eigenvalue weighted by atomic mass is 32.2. The monoisotopic (exact) mass is 359 g/mol. The molecule has 0 amide bonds. The highest BCUT2D eigenvalue weighted by Crippen LogP contribution is 2.31. The van der Waals surface area contributed by atoms with E-state index in [1.165, 1.54) is 18.0 Å². The smallest absolute Gasteiger partial charge is 0.342 e. The molecule has 1 aliphatic heterocycles. The normalized spacial score (nSPS) is 16.9. The molecule has 7 heteroatoms. The molecule has 1 fully saturated rings. The summed E-state index contributed by atoms with van der Waals surface area (Å²) >= 11 is 1.41. The summed E-state index contributed by atoms with van der Waals surface area (Å²) in [5.74, 6) is 0.121. The van der Waals surface area contributed by atoms with E-state index in [0.717, 1.165) is 24.3 Å². The topological polar surface area (TPSA) is 75.5 Å². The molecule has 1 aromatic heterocycles. The molecule has 2 aromatic rings. The Balaban J connectivity index is 1.95. The van der Waals surface area contributed by atoms with E-state index in [-0.39, 0.29) is 12.6 Å². The predicted octanol–water partition coefficient (Wildman–Crippen LogP) is 2.77. The minimum absolute atomic E-state index is 0.0306. The molecule has 1 N–H and O–H groups in total. The molecule has 1 aromatic carbocycles. The van der Waals surface area contributed by atoms with E-state index in [1.807, 2.05) is 35.2 Å². The van der Waals surface area contributed by atoms with E-state index < -0.39 is 5.97 Å². The third-order valence-electron chi connectivity index (χ3n) is 4.04. The molecule has 0 unspecified atom stereocenters. The van der Waals surface area contributed by atoms with Crippen molar-refractivity contribution in [2.45, 2.75) is 35.7 Å². The number of carbonyl (C=O) groups excluding carboxylic acids is 1. The van der Waals surface area contributed by atoms with E-state index in [2.05, 4.69) is 9.97 Å². The lowest BCUT2D eigenvalue weighted by Gasteiger charge is -2.23. The lowest BCUT2D eigenvalue weighted by molar-refractivity contribution is 0.0520. The van der Waals surface area contributed by atoms with Crippen LogP contribution in [0, 0.1) is 0 Å². The van der Waals surface area contributed by atoms with Gasteiger partial charge in [-0.15, -0.1) is 0 Å². The molecule has 1 aliphatic rings. The number of aromatic nitrogens is 2. The molecular weight excluding hydrogens is 338 g/mol. The average Bonchev–Trinajstić information content (AvgIpc) is 3.11. The largest absolute Gasteiger partial charge is 0.462 e. The van der Waals surface area contributed by atoms with Gasteiger partial charge in [-0.2, -0.15) is 0 Å². The fraction of sp³-hybridized carbons (Fsp3) is 0.389. The third kappa shape index (κ3) is 4.11. The van der Waals surface area contributed by atoms with Gasteiger partial charge >= 0.3 is 5.97 Å². The van der Waals surface area contributed by atoms with Gasteiger partial charge < -0.3 is 14.7 Å². The summed E-state index contributed by atoms with van der Waals surface area (Å²) in [6.45, 7) is 2.95. The van der Waals surface area contributed by atoms with Gasteiger partial charge in [-0.1, -0.05) is 30.0 Å². The number of aliphatic hydroxyl groups excluding tert-OH is 1. The number of esters is 1. The molecule has 0 bridgehead atoms. The van der Waals surface area contributed by atoms with E-state index in [0.29, 0.717) is 23.1 Å². The first-order chi connectivity index (χ1) is 12.2. The van der Waals surface area contributed by atoms with Gasteiger partial charge in [-0.05, 0) is 31.9 Å². The summed E-state index contributed by atoms with van der Waals surface area (Å²) < 4.78 is 5.13. The zero-order chi connectivity index (χ0) is 17.6. The Morgan fingerprint density at radius 1 is 1.40 bits per heavy atom. The van der Waals surface area contributed by atoms with Crippen molar-refractivity contribution in [3.8, 4) is 0 Å². The number of ether oxygens (including phenoxy) is 1. The zero-order valence-electron chi connectivity index (χ0n) is 14.1. The van der Waals surface area contributed by atoms with Gasteiger partial charge in [0, 0.05) is 17.6 Å². The third-order valence-corrected chi connectivity index (χ3v) is 5.05. The van der Waals surface area contributed by atoms with Gasteiger partial charge in [0.2, 0.25) is 5.95 Å². The summed E-state index contributed by atoms with van der Waals surface area (Å²) in [6, 6.07) is 9.79. The van der Waals surface area contributed by atoms with E-state index in [1.54, 1.807) is 6.92 Å². The number of nitrogens with zero attached hydrogens (tertiary/aromatic N) is 3. The highest BCUT2D eigenvalue weighted by Gasteiger charge is 2.27. The number of rotatable bonds is 6. The maximum Gasteiger partial charge on any atom is 0.342 e. The minimum atomic E-state index is -0.424. The van der Waals surface area contributed by atoms with Gasteiger partial charge in [-0.3, -0.25) is 0 Å². The summed E-state index contributed by atoms with van der Waals surface area (Å²) in [5, 5.41) is 10.1. The van der Waals surface area contributed by atoms with Crippen LogP contribution in [0.25, 0.3) is 0 Å². The van der Waals surface area contributed by atoms with Crippen molar-refractivity contribution in [2.75, 3.05) is 24.7 Å². The van der Waals surface area contributed by atoms with Crippen LogP contribution < -0.4 is 4.90 Å². The Kier molecular flexibility index (Phi) is 5.88. The minimum Gasteiger partial charge on any atom is -0.462 e. The second-order valence-electron chi connectivity index (χ2n) is 5.70. The number of hydrogen-bond donors (Lipinski definition) is 1. The van der Waals surface area contributed by atoms with Crippen LogP contribution in [0.4, 0.5) is 5.95 Å². The first-order valence-corrected chi connectivity index (χ1v) is 9.19. The number of hydrogen-bond acceptors (Lipinski definition) is 7. The Bertz CT molecular complexity index is 727. The first-order valence-electron chi connectivity index (χ1n) is 8.37. The molecule has 3 rings (SSSR count). The molecular formula is C18H21N3O3S. The number of benzene rings is 1. The fourth-order valence-corrected chi connectivity index (χ4v) is 3.70. The van der Waals surface area contributed by atoms with Crippen molar-refractivity contribution < 1.29 is 14.6 Å². The van der Waals surface area contributed by atoms with Crippen molar-refractivity contribution in [3.05, 3.63) is 42.1 Å². The molecule has 0 spiro atoms. The average molecular weight is 359 g/mol. The van der Waals surface area contributed by atoms with Crippen LogP contribution in [0.1, 0.15) is 30.1 Å². The predicted molar refractivity (Wildman–Crippen MR) is 96.0 cm³/mol. The van der Waals surface area contributed by atoms with Gasteiger partial charge in [0.15, 0.2) is 0 Å². The van der Waals surface area contributed by atoms with Crippen molar-refractivity contribution >= 4 is 23.7 Å². The van der Waals surface area contributed by atoms with Crippen molar-refractivity contribution in [3.63, 3.8) is 0 Å². The van der Waals surface area contributed by atoms with Crippen LogP contribution in [0.2, 0.25) is 0 Å². The Morgan fingerprint density at radius 3 is 2.92 bits per heavy atom. The second kappa shape index (κ2) is 8.31. The Hall–Kier alpha value is -2.12. The Labute approximate surface area is 151 Å². The number of carbonyl (C=O) groups is 1. The number of anilines is 1. The lowest BCUT2D eigenvalue weighted by atomic mass is 10.2. The second-order valence-corrected chi connectivity index (χ2v) is 6.76. The lowest BCUT2D eigenvalue weighted by Crippen LogP contribution is -2.33. The zero-order valence-corrected chi connectivity index (χ0v) is 14.9. The quantitative estimate of drug-likeness (QED) is 0.628. The SMILES string of the molecule is CCOC(=O)c1cnc(N2CCC[C@H]2CO)nc1Sc1ccccc1. The van der Waals surface area contributed by atoms with E-state index in [4.69, 9.17) is 4.74 Å². The standard InChI is InChI=1S/C18H21N3O3S/c1-2-24-17(23)15-11-19-18(21-10-6-7-13(21)12-22)20-16(15)25-14-8-4-3-5-9-14/h3-5,8-9,11,13,22H,2,6-7,10,12H2,1H3/t13-/m0/s1. The van der Waals surface area contributed by atoms with Crippen LogP contribution in [0.15, 0.2) is 46.5 Å². The maximum atomic E-state index is 12.2. The van der Waals surface area contributed by atoms with Gasteiger partial charge in [0.25, 0.3) is 0 Å².